The SMILES string of the molecule is CCC(NC(=O)CCC(C)N)c1nc(C)cs1.Cl.Cl. The second kappa shape index (κ2) is 10.4. The van der Waals surface area contributed by atoms with Crippen molar-refractivity contribution in [1.29, 1.82) is 0 Å². The van der Waals surface area contributed by atoms with Gasteiger partial charge in [0, 0.05) is 23.5 Å². The highest BCUT2D eigenvalue weighted by Crippen LogP contribution is 2.20. The second-order valence-electron chi connectivity index (χ2n) is 4.37. The van der Waals surface area contributed by atoms with Gasteiger partial charge < -0.3 is 11.1 Å². The number of carbonyl (C=O) groups excluding carboxylic acids is 1. The van der Waals surface area contributed by atoms with Crippen LogP contribution in [0.4, 0.5) is 0 Å². The lowest BCUT2D eigenvalue weighted by Gasteiger charge is -2.14. The fourth-order valence-corrected chi connectivity index (χ4v) is 2.43. The lowest BCUT2D eigenvalue weighted by molar-refractivity contribution is -0.122. The third-order valence-electron chi connectivity index (χ3n) is 2.51. The van der Waals surface area contributed by atoms with E-state index in [1.807, 2.05) is 26.2 Å². The van der Waals surface area contributed by atoms with E-state index in [2.05, 4.69) is 10.3 Å². The topological polar surface area (TPSA) is 68.0 Å². The van der Waals surface area contributed by atoms with E-state index < -0.39 is 0 Å². The highest BCUT2D eigenvalue weighted by atomic mass is 35.5. The number of amides is 1. The normalized spacial score (nSPS) is 12.8. The van der Waals surface area contributed by atoms with Crippen molar-refractivity contribution in [2.24, 2.45) is 5.73 Å². The molecule has 0 aliphatic rings. The van der Waals surface area contributed by atoms with Crippen molar-refractivity contribution in [3.63, 3.8) is 0 Å². The molecule has 0 radical (unpaired) electrons. The van der Waals surface area contributed by atoms with E-state index >= 15 is 0 Å². The molecule has 19 heavy (non-hydrogen) atoms. The smallest absolute Gasteiger partial charge is 0.220 e. The van der Waals surface area contributed by atoms with E-state index in [0.29, 0.717) is 6.42 Å². The summed E-state index contributed by atoms with van der Waals surface area (Å²) in [7, 11) is 0. The molecule has 0 aromatic carbocycles. The van der Waals surface area contributed by atoms with Crippen molar-refractivity contribution >= 4 is 42.1 Å². The van der Waals surface area contributed by atoms with Crippen molar-refractivity contribution in [2.45, 2.75) is 52.1 Å². The van der Waals surface area contributed by atoms with Gasteiger partial charge in [0.2, 0.25) is 5.91 Å². The van der Waals surface area contributed by atoms with Gasteiger partial charge in [-0.05, 0) is 26.7 Å². The predicted octanol–water partition coefficient (Wildman–Crippen LogP) is 2.99. The van der Waals surface area contributed by atoms with Crippen LogP contribution in [0.25, 0.3) is 0 Å². The van der Waals surface area contributed by atoms with E-state index in [0.717, 1.165) is 23.5 Å². The van der Waals surface area contributed by atoms with Gasteiger partial charge in [-0.25, -0.2) is 4.98 Å². The number of nitrogens with two attached hydrogens (primary N) is 1. The van der Waals surface area contributed by atoms with Gasteiger partial charge in [0.25, 0.3) is 0 Å². The molecule has 0 aliphatic heterocycles. The number of rotatable bonds is 6. The molecule has 1 amide bonds. The molecule has 4 nitrogen and oxygen atoms in total. The summed E-state index contributed by atoms with van der Waals surface area (Å²) in [4.78, 5) is 16.1. The number of nitrogens with one attached hydrogen (secondary N) is 1. The third-order valence-corrected chi connectivity index (χ3v) is 3.58. The lowest BCUT2D eigenvalue weighted by Crippen LogP contribution is -2.29. The molecule has 7 heteroatoms. The number of nitrogens with zero attached hydrogens (tertiary/aromatic N) is 1. The first-order valence-corrected chi connectivity index (χ1v) is 6.87. The average molecular weight is 328 g/mol. The first-order chi connectivity index (χ1) is 8.02. The minimum atomic E-state index is 0. The summed E-state index contributed by atoms with van der Waals surface area (Å²) in [6.07, 6.45) is 2.06. The fraction of sp³-hybridized carbons (Fsp3) is 0.667. The number of thiazole rings is 1. The quantitative estimate of drug-likeness (QED) is 0.843. The molecule has 1 rings (SSSR count). The Morgan fingerprint density at radius 3 is 2.58 bits per heavy atom. The Bertz CT molecular complexity index is 372. The van der Waals surface area contributed by atoms with Crippen molar-refractivity contribution < 1.29 is 4.79 Å². The van der Waals surface area contributed by atoms with Gasteiger partial charge >= 0.3 is 0 Å². The van der Waals surface area contributed by atoms with Crippen molar-refractivity contribution in [3.05, 3.63) is 16.1 Å². The molecule has 2 unspecified atom stereocenters. The Kier molecular flexibility index (Phi) is 11.5. The summed E-state index contributed by atoms with van der Waals surface area (Å²) in [5.41, 5.74) is 6.64. The number of hydrogen-bond acceptors (Lipinski definition) is 4. The first-order valence-electron chi connectivity index (χ1n) is 6.00. The van der Waals surface area contributed by atoms with E-state index in [-0.39, 0.29) is 42.8 Å². The Morgan fingerprint density at radius 2 is 2.16 bits per heavy atom. The Labute approximate surface area is 131 Å². The highest BCUT2D eigenvalue weighted by Gasteiger charge is 2.15. The molecule has 0 aliphatic carbocycles. The molecular formula is C12H23Cl2N3OS. The Morgan fingerprint density at radius 1 is 1.53 bits per heavy atom. The average Bonchev–Trinajstić information content (AvgIpc) is 2.69. The summed E-state index contributed by atoms with van der Waals surface area (Å²) in [6.45, 7) is 5.92. The molecule has 0 saturated carbocycles. The number of halogens is 2. The molecule has 0 fully saturated rings. The first kappa shape index (κ1) is 20.9. The third kappa shape index (κ3) is 7.72. The summed E-state index contributed by atoms with van der Waals surface area (Å²) in [5.74, 6) is 0.0574. The minimum Gasteiger partial charge on any atom is -0.347 e. The zero-order valence-corrected chi connectivity index (χ0v) is 14.0. The largest absolute Gasteiger partial charge is 0.347 e. The van der Waals surface area contributed by atoms with E-state index in [1.165, 1.54) is 0 Å². The Balaban J connectivity index is 0. The molecule has 1 aromatic heterocycles. The van der Waals surface area contributed by atoms with Crippen molar-refractivity contribution in [3.8, 4) is 0 Å². The van der Waals surface area contributed by atoms with Gasteiger partial charge in [0.15, 0.2) is 0 Å². The molecule has 1 aromatic rings. The van der Waals surface area contributed by atoms with Crippen LogP contribution in [-0.4, -0.2) is 16.9 Å². The molecule has 0 bridgehead atoms. The van der Waals surface area contributed by atoms with E-state index in [9.17, 15) is 4.79 Å². The molecule has 112 valence electrons. The highest BCUT2D eigenvalue weighted by molar-refractivity contribution is 7.09. The Hall–Kier alpha value is -0.360. The van der Waals surface area contributed by atoms with Crippen LogP contribution >= 0.6 is 36.2 Å². The lowest BCUT2D eigenvalue weighted by atomic mass is 10.1. The summed E-state index contributed by atoms with van der Waals surface area (Å²) in [5, 5.41) is 6.00. The number of aryl methyl sites for hydroxylation is 1. The van der Waals surface area contributed by atoms with Crippen molar-refractivity contribution in [1.82, 2.24) is 10.3 Å². The number of carbonyl (C=O) groups is 1. The summed E-state index contributed by atoms with van der Waals surface area (Å²) < 4.78 is 0. The molecule has 1 heterocycles. The minimum absolute atomic E-state index is 0. The van der Waals surface area contributed by atoms with Crippen LogP contribution in [0.5, 0.6) is 0 Å². The van der Waals surface area contributed by atoms with Gasteiger partial charge in [-0.2, -0.15) is 0 Å². The predicted molar refractivity (Wildman–Crippen MR) is 85.4 cm³/mol. The number of hydrogen-bond donors (Lipinski definition) is 2. The maximum Gasteiger partial charge on any atom is 0.220 e. The van der Waals surface area contributed by atoms with Crippen LogP contribution in [0.15, 0.2) is 5.38 Å². The van der Waals surface area contributed by atoms with Crippen molar-refractivity contribution in [2.75, 3.05) is 0 Å². The van der Waals surface area contributed by atoms with Gasteiger partial charge in [-0.1, -0.05) is 6.92 Å². The van der Waals surface area contributed by atoms with E-state index in [1.54, 1.807) is 11.3 Å². The maximum atomic E-state index is 11.7. The zero-order valence-electron chi connectivity index (χ0n) is 11.5. The van der Waals surface area contributed by atoms with Crippen LogP contribution in [0.2, 0.25) is 0 Å². The van der Waals surface area contributed by atoms with Gasteiger partial charge in [-0.3, -0.25) is 4.79 Å². The van der Waals surface area contributed by atoms with Crippen LogP contribution in [0.1, 0.15) is 49.9 Å². The van der Waals surface area contributed by atoms with Crippen LogP contribution < -0.4 is 11.1 Å². The maximum absolute atomic E-state index is 11.7. The summed E-state index contributed by atoms with van der Waals surface area (Å²) >= 11 is 1.60. The van der Waals surface area contributed by atoms with Crippen LogP contribution in [0.3, 0.4) is 0 Å². The number of aromatic nitrogens is 1. The second-order valence-corrected chi connectivity index (χ2v) is 5.26. The zero-order chi connectivity index (χ0) is 12.8. The summed E-state index contributed by atoms with van der Waals surface area (Å²) in [6, 6.07) is 0.109. The van der Waals surface area contributed by atoms with Crippen LogP contribution in [0, 0.1) is 6.92 Å². The fourth-order valence-electron chi connectivity index (χ4n) is 1.50. The molecule has 2 atom stereocenters. The van der Waals surface area contributed by atoms with Gasteiger partial charge in [0.1, 0.15) is 5.01 Å². The standard InChI is InChI=1S/C12H21N3OS.2ClH/c1-4-10(12-14-9(3)7-17-12)15-11(16)6-5-8(2)13;;/h7-8,10H,4-6,13H2,1-3H3,(H,15,16);2*1H. The van der Waals surface area contributed by atoms with E-state index in [4.69, 9.17) is 5.73 Å². The molecule has 0 spiro atoms. The van der Waals surface area contributed by atoms with Gasteiger partial charge in [0.05, 0.1) is 6.04 Å². The van der Waals surface area contributed by atoms with Gasteiger partial charge in [-0.15, -0.1) is 36.2 Å². The molecular weight excluding hydrogens is 305 g/mol. The van der Waals surface area contributed by atoms with Crippen LogP contribution in [-0.2, 0) is 4.79 Å². The monoisotopic (exact) mass is 327 g/mol. The molecule has 3 N–H and O–H groups in total. The molecule has 0 saturated heterocycles.